The number of rotatable bonds is 6. The number of carbonyl (C=O) groups is 1. The monoisotopic (exact) mass is 441 g/mol. The number of sulfonamides is 1. The van der Waals surface area contributed by atoms with Gasteiger partial charge in [-0.2, -0.15) is 4.31 Å². The minimum absolute atomic E-state index is 0.114. The van der Waals surface area contributed by atoms with Gasteiger partial charge in [0.15, 0.2) is 0 Å². The maximum Gasteiger partial charge on any atom is 0.255 e. The van der Waals surface area contributed by atoms with Crippen LogP contribution in [0.4, 0.5) is 5.69 Å². The zero-order chi connectivity index (χ0) is 22.0. The molecule has 1 aliphatic rings. The van der Waals surface area contributed by atoms with E-state index in [0.29, 0.717) is 43.5 Å². The molecular formula is C23H27N3O4S. The number of ether oxygens (including phenoxy) is 1. The fraction of sp³-hybridized carbons (Fsp3) is 0.348. The number of benzene rings is 2. The first-order chi connectivity index (χ1) is 14.8. The van der Waals surface area contributed by atoms with Crippen LogP contribution >= 0.6 is 0 Å². The number of nitrogens with zero attached hydrogens (tertiary/aromatic N) is 2. The van der Waals surface area contributed by atoms with Crippen LogP contribution in [-0.2, 0) is 21.3 Å². The zero-order valence-corrected chi connectivity index (χ0v) is 18.6. The van der Waals surface area contributed by atoms with Gasteiger partial charge in [-0.1, -0.05) is 19.9 Å². The number of hydrogen-bond donors (Lipinski definition) is 1. The summed E-state index contributed by atoms with van der Waals surface area (Å²) in [4.78, 5) is 12.9. The Morgan fingerprint density at radius 2 is 1.87 bits per heavy atom. The number of nitrogens with one attached hydrogen (secondary N) is 1. The molecule has 0 radical (unpaired) electrons. The molecule has 31 heavy (non-hydrogen) atoms. The van der Waals surface area contributed by atoms with Crippen LogP contribution in [0.5, 0.6) is 0 Å². The Balaban J connectivity index is 1.53. The lowest BCUT2D eigenvalue weighted by Crippen LogP contribution is -2.40. The molecule has 4 rings (SSSR count). The molecule has 1 aromatic heterocycles. The molecule has 1 amide bonds. The second kappa shape index (κ2) is 8.82. The minimum Gasteiger partial charge on any atom is -0.379 e. The van der Waals surface area contributed by atoms with E-state index in [0.717, 1.165) is 17.4 Å². The van der Waals surface area contributed by atoms with Gasteiger partial charge >= 0.3 is 0 Å². The highest BCUT2D eigenvalue weighted by Gasteiger charge is 2.26. The Bertz CT molecular complexity index is 1190. The van der Waals surface area contributed by atoms with Crippen molar-refractivity contribution in [3.05, 3.63) is 60.3 Å². The molecule has 0 unspecified atom stereocenters. The van der Waals surface area contributed by atoms with E-state index in [9.17, 15) is 13.2 Å². The molecule has 0 bridgehead atoms. The predicted octanol–water partition coefficient (Wildman–Crippen LogP) is 3.57. The molecule has 1 fully saturated rings. The van der Waals surface area contributed by atoms with Crippen molar-refractivity contribution in [1.82, 2.24) is 8.87 Å². The molecule has 0 atom stereocenters. The van der Waals surface area contributed by atoms with E-state index in [1.807, 2.05) is 24.3 Å². The Morgan fingerprint density at radius 1 is 1.10 bits per heavy atom. The molecule has 7 nitrogen and oxygen atoms in total. The van der Waals surface area contributed by atoms with Crippen LogP contribution < -0.4 is 5.32 Å². The summed E-state index contributed by atoms with van der Waals surface area (Å²) in [5.41, 5.74) is 2.08. The maximum atomic E-state index is 12.9. The Morgan fingerprint density at radius 3 is 2.61 bits per heavy atom. The molecule has 3 aromatic rings. The van der Waals surface area contributed by atoms with Gasteiger partial charge in [-0.15, -0.1) is 0 Å². The fourth-order valence-electron chi connectivity index (χ4n) is 3.77. The topological polar surface area (TPSA) is 80.6 Å². The van der Waals surface area contributed by atoms with E-state index >= 15 is 0 Å². The van der Waals surface area contributed by atoms with E-state index < -0.39 is 10.0 Å². The maximum absolute atomic E-state index is 12.9. The number of morpholine rings is 1. The van der Waals surface area contributed by atoms with Gasteiger partial charge < -0.3 is 14.6 Å². The highest BCUT2D eigenvalue weighted by Crippen LogP contribution is 2.23. The van der Waals surface area contributed by atoms with Crippen LogP contribution in [0.25, 0.3) is 10.9 Å². The predicted molar refractivity (Wildman–Crippen MR) is 121 cm³/mol. The smallest absolute Gasteiger partial charge is 0.255 e. The number of anilines is 1. The molecule has 1 N–H and O–H groups in total. The first-order valence-corrected chi connectivity index (χ1v) is 11.9. The summed E-state index contributed by atoms with van der Waals surface area (Å²) in [5.74, 6) is 0.191. The Labute approximate surface area is 182 Å². The number of fused-ring (bicyclic) bond motifs is 1. The lowest BCUT2D eigenvalue weighted by molar-refractivity contribution is 0.0730. The van der Waals surface area contributed by atoms with Crippen molar-refractivity contribution in [3.8, 4) is 0 Å². The van der Waals surface area contributed by atoms with E-state index in [-0.39, 0.29) is 10.8 Å². The number of amides is 1. The standard InChI is InChI=1S/C23H27N3O4S/c1-17(2)16-25-9-8-18-14-20(6-7-22(18)25)24-23(27)19-4-3-5-21(15-19)31(28,29)26-10-12-30-13-11-26/h3-9,14-15,17H,10-13,16H2,1-2H3,(H,24,27). The Kier molecular flexibility index (Phi) is 6.13. The van der Waals surface area contributed by atoms with Crippen LogP contribution in [0.1, 0.15) is 24.2 Å². The van der Waals surface area contributed by atoms with E-state index in [1.165, 1.54) is 16.4 Å². The van der Waals surface area contributed by atoms with Crippen molar-refractivity contribution < 1.29 is 17.9 Å². The molecule has 2 heterocycles. The average molecular weight is 442 g/mol. The molecule has 0 saturated carbocycles. The van der Waals surface area contributed by atoms with Crippen LogP contribution in [0.3, 0.4) is 0 Å². The van der Waals surface area contributed by atoms with Crippen LogP contribution in [0, 0.1) is 5.92 Å². The lowest BCUT2D eigenvalue weighted by atomic mass is 10.2. The normalized spacial score (nSPS) is 15.5. The Hall–Kier alpha value is -2.68. The highest BCUT2D eigenvalue weighted by molar-refractivity contribution is 7.89. The summed E-state index contributed by atoms with van der Waals surface area (Å²) in [7, 11) is -3.66. The molecule has 8 heteroatoms. The first kappa shape index (κ1) is 21.5. The van der Waals surface area contributed by atoms with E-state index in [2.05, 4.69) is 29.9 Å². The van der Waals surface area contributed by atoms with Crippen LogP contribution in [0.2, 0.25) is 0 Å². The summed E-state index contributed by atoms with van der Waals surface area (Å²) in [6.07, 6.45) is 2.05. The van der Waals surface area contributed by atoms with Gasteiger partial charge in [0.25, 0.3) is 5.91 Å². The van der Waals surface area contributed by atoms with Crippen molar-refractivity contribution in [2.45, 2.75) is 25.3 Å². The molecule has 1 saturated heterocycles. The summed E-state index contributed by atoms with van der Waals surface area (Å²) in [6.45, 7) is 6.66. The summed E-state index contributed by atoms with van der Waals surface area (Å²) in [5, 5.41) is 3.93. The largest absolute Gasteiger partial charge is 0.379 e. The molecular weight excluding hydrogens is 414 g/mol. The van der Waals surface area contributed by atoms with Crippen molar-refractivity contribution in [1.29, 1.82) is 0 Å². The average Bonchev–Trinajstić information content (AvgIpc) is 3.15. The molecule has 1 aliphatic heterocycles. The molecule has 0 aliphatic carbocycles. The molecule has 164 valence electrons. The molecule has 0 spiro atoms. The van der Waals surface area contributed by atoms with Crippen molar-refractivity contribution >= 4 is 32.5 Å². The lowest BCUT2D eigenvalue weighted by Gasteiger charge is -2.26. The van der Waals surface area contributed by atoms with Gasteiger partial charge in [0.1, 0.15) is 0 Å². The minimum atomic E-state index is -3.66. The second-order valence-electron chi connectivity index (χ2n) is 8.13. The third-order valence-corrected chi connectivity index (χ3v) is 7.19. The van der Waals surface area contributed by atoms with E-state index in [1.54, 1.807) is 12.1 Å². The van der Waals surface area contributed by atoms with Gasteiger partial charge in [0, 0.05) is 48.0 Å². The summed E-state index contributed by atoms with van der Waals surface area (Å²) >= 11 is 0. The zero-order valence-electron chi connectivity index (χ0n) is 17.7. The van der Waals surface area contributed by atoms with Gasteiger partial charge in [-0.25, -0.2) is 8.42 Å². The van der Waals surface area contributed by atoms with Crippen molar-refractivity contribution in [2.24, 2.45) is 5.92 Å². The SMILES string of the molecule is CC(C)Cn1ccc2cc(NC(=O)c3cccc(S(=O)(=O)N4CCOCC4)c3)ccc21. The first-order valence-electron chi connectivity index (χ1n) is 10.4. The van der Waals surface area contributed by atoms with Gasteiger partial charge in [-0.05, 0) is 48.4 Å². The van der Waals surface area contributed by atoms with Gasteiger partial charge in [0.2, 0.25) is 10.0 Å². The summed E-state index contributed by atoms with van der Waals surface area (Å²) < 4.78 is 34.6. The highest BCUT2D eigenvalue weighted by atomic mass is 32.2. The number of hydrogen-bond acceptors (Lipinski definition) is 4. The van der Waals surface area contributed by atoms with Crippen molar-refractivity contribution in [2.75, 3.05) is 31.6 Å². The van der Waals surface area contributed by atoms with Gasteiger partial charge in [0.05, 0.1) is 18.1 Å². The van der Waals surface area contributed by atoms with Crippen LogP contribution in [-0.4, -0.2) is 49.5 Å². The van der Waals surface area contributed by atoms with E-state index in [4.69, 9.17) is 4.74 Å². The second-order valence-corrected chi connectivity index (χ2v) is 10.1. The third kappa shape index (κ3) is 4.66. The third-order valence-electron chi connectivity index (χ3n) is 5.29. The van der Waals surface area contributed by atoms with Gasteiger partial charge in [-0.3, -0.25) is 4.79 Å². The fourth-order valence-corrected chi connectivity index (χ4v) is 5.22. The summed E-state index contributed by atoms with van der Waals surface area (Å²) in [6, 6.07) is 14.0. The van der Waals surface area contributed by atoms with Crippen molar-refractivity contribution in [3.63, 3.8) is 0 Å². The number of carbonyl (C=O) groups excluding carboxylic acids is 1. The quantitative estimate of drug-likeness (QED) is 0.634. The van der Waals surface area contributed by atoms with Crippen LogP contribution in [0.15, 0.2) is 59.6 Å². The number of aromatic nitrogens is 1. The molecule has 2 aromatic carbocycles.